The summed E-state index contributed by atoms with van der Waals surface area (Å²) in [6, 6.07) is 4.28. The van der Waals surface area contributed by atoms with Crippen LogP contribution >= 0.6 is 11.6 Å². The highest BCUT2D eigenvalue weighted by molar-refractivity contribution is 7.89. The van der Waals surface area contributed by atoms with Crippen molar-refractivity contribution in [2.75, 3.05) is 32.8 Å². The van der Waals surface area contributed by atoms with E-state index in [1.807, 2.05) is 13.8 Å². The molecule has 0 aliphatic heterocycles. The smallest absolute Gasteiger partial charge is 0.260 e. The van der Waals surface area contributed by atoms with E-state index in [0.717, 1.165) is 0 Å². The van der Waals surface area contributed by atoms with Gasteiger partial charge in [-0.05, 0) is 32.0 Å². The molecule has 0 aromatic heterocycles. The monoisotopic (exact) mass is 376 g/mol. The van der Waals surface area contributed by atoms with Crippen LogP contribution in [0.2, 0.25) is 5.02 Å². The molecule has 0 bridgehead atoms. The van der Waals surface area contributed by atoms with E-state index in [1.54, 1.807) is 18.7 Å². The fourth-order valence-electron chi connectivity index (χ4n) is 2.28. The first-order chi connectivity index (χ1) is 11.3. The van der Waals surface area contributed by atoms with Gasteiger partial charge in [-0.3, -0.25) is 4.79 Å². The second-order valence-electron chi connectivity index (χ2n) is 5.04. The molecule has 1 aromatic rings. The highest BCUT2D eigenvalue weighted by Crippen LogP contribution is 2.28. The quantitative estimate of drug-likeness (QED) is 0.664. The van der Waals surface area contributed by atoms with E-state index in [0.29, 0.717) is 26.2 Å². The zero-order valence-corrected chi connectivity index (χ0v) is 16.2. The molecule has 0 spiro atoms. The van der Waals surface area contributed by atoms with Gasteiger partial charge >= 0.3 is 0 Å². The molecule has 1 aromatic carbocycles. The molecule has 6 nitrogen and oxygen atoms in total. The largest absolute Gasteiger partial charge is 0.482 e. The SMILES string of the molecule is CCN(CC)C(=O)COc1ccc(S(=O)(=O)N(CC)CC)cc1Cl. The molecule has 0 radical (unpaired) electrons. The average Bonchev–Trinajstić information content (AvgIpc) is 2.55. The molecule has 0 heterocycles. The predicted octanol–water partition coefficient (Wildman–Crippen LogP) is 2.62. The first-order valence-corrected chi connectivity index (χ1v) is 9.83. The minimum Gasteiger partial charge on any atom is -0.482 e. The summed E-state index contributed by atoms with van der Waals surface area (Å²) >= 11 is 6.12. The molecular formula is C16H25ClN2O4S. The second kappa shape index (κ2) is 9.25. The van der Waals surface area contributed by atoms with Crippen molar-refractivity contribution >= 4 is 27.5 Å². The van der Waals surface area contributed by atoms with Crippen LogP contribution in [0.5, 0.6) is 5.75 Å². The summed E-state index contributed by atoms with van der Waals surface area (Å²) in [6.07, 6.45) is 0. The minimum absolute atomic E-state index is 0.110. The van der Waals surface area contributed by atoms with Gasteiger partial charge in [0.05, 0.1) is 9.92 Å². The summed E-state index contributed by atoms with van der Waals surface area (Å²) < 4.78 is 31.7. The van der Waals surface area contributed by atoms with Gasteiger partial charge < -0.3 is 9.64 Å². The number of benzene rings is 1. The zero-order valence-electron chi connectivity index (χ0n) is 14.6. The van der Waals surface area contributed by atoms with Crippen LogP contribution in [0.25, 0.3) is 0 Å². The van der Waals surface area contributed by atoms with Gasteiger partial charge in [0.25, 0.3) is 5.91 Å². The number of rotatable bonds is 9. The standard InChI is InChI=1S/C16H25ClN2O4S/c1-5-18(6-2)16(20)12-23-15-10-9-13(11-14(15)17)24(21,22)19(7-3)8-4/h9-11H,5-8,12H2,1-4H3. The summed E-state index contributed by atoms with van der Waals surface area (Å²) in [5.74, 6) is 0.145. The number of amides is 1. The van der Waals surface area contributed by atoms with Crippen molar-refractivity contribution in [3.63, 3.8) is 0 Å². The lowest BCUT2D eigenvalue weighted by molar-refractivity contribution is -0.132. The van der Waals surface area contributed by atoms with Gasteiger partial charge in [-0.25, -0.2) is 8.42 Å². The molecule has 0 atom stereocenters. The van der Waals surface area contributed by atoms with E-state index in [2.05, 4.69) is 0 Å². The van der Waals surface area contributed by atoms with E-state index in [1.165, 1.54) is 22.5 Å². The number of carbonyl (C=O) groups excluding carboxylic acids is 1. The number of halogens is 1. The van der Waals surface area contributed by atoms with E-state index in [-0.39, 0.29) is 28.2 Å². The zero-order chi connectivity index (χ0) is 18.3. The molecule has 1 amide bonds. The second-order valence-corrected chi connectivity index (χ2v) is 7.38. The Bertz CT molecular complexity index is 656. The average molecular weight is 377 g/mol. The Balaban J connectivity index is 2.91. The van der Waals surface area contributed by atoms with Crippen molar-refractivity contribution in [2.45, 2.75) is 32.6 Å². The van der Waals surface area contributed by atoms with Crippen LogP contribution in [0.15, 0.2) is 23.1 Å². The molecule has 0 unspecified atom stereocenters. The molecule has 1 rings (SSSR count). The molecule has 0 fully saturated rings. The van der Waals surface area contributed by atoms with E-state index < -0.39 is 10.0 Å². The maximum absolute atomic E-state index is 12.5. The van der Waals surface area contributed by atoms with Gasteiger partial charge in [-0.15, -0.1) is 0 Å². The van der Waals surface area contributed by atoms with Crippen molar-refractivity contribution in [3.8, 4) is 5.75 Å². The molecule has 0 aliphatic carbocycles. The number of nitrogens with zero attached hydrogens (tertiary/aromatic N) is 2. The van der Waals surface area contributed by atoms with Crippen LogP contribution in [0.1, 0.15) is 27.7 Å². The molecule has 24 heavy (non-hydrogen) atoms. The third-order valence-corrected chi connectivity index (χ3v) is 6.06. The number of hydrogen-bond donors (Lipinski definition) is 0. The van der Waals surface area contributed by atoms with Crippen LogP contribution in [0, 0.1) is 0 Å². The summed E-state index contributed by atoms with van der Waals surface area (Å²) in [5.41, 5.74) is 0. The Hall–Kier alpha value is -1.31. The van der Waals surface area contributed by atoms with Crippen molar-refractivity contribution in [1.82, 2.24) is 9.21 Å². The number of carbonyl (C=O) groups is 1. The van der Waals surface area contributed by atoms with Crippen LogP contribution in [-0.2, 0) is 14.8 Å². The number of ether oxygens (including phenoxy) is 1. The van der Waals surface area contributed by atoms with Gasteiger partial charge in [0, 0.05) is 26.2 Å². The highest BCUT2D eigenvalue weighted by atomic mass is 35.5. The first kappa shape index (κ1) is 20.7. The van der Waals surface area contributed by atoms with Crippen LogP contribution in [0.4, 0.5) is 0 Å². The summed E-state index contributed by atoms with van der Waals surface area (Å²) in [6.45, 7) is 9.17. The Labute approximate surface area is 149 Å². The third kappa shape index (κ3) is 4.84. The maximum atomic E-state index is 12.5. The summed E-state index contributed by atoms with van der Waals surface area (Å²) in [7, 11) is -3.57. The summed E-state index contributed by atoms with van der Waals surface area (Å²) in [5, 5.41) is 0.163. The van der Waals surface area contributed by atoms with Crippen molar-refractivity contribution in [2.24, 2.45) is 0 Å². The molecule has 8 heteroatoms. The van der Waals surface area contributed by atoms with Gasteiger partial charge in [0.15, 0.2) is 6.61 Å². The van der Waals surface area contributed by atoms with Gasteiger partial charge in [0.1, 0.15) is 5.75 Å². The van der Waals surface area contributed by atoms with Crippen LogP contribution < -0.4 is 4.74 Å². The van der Waals surface area contributed by atoms with Gasteiger partial charge in [-0.1, -0.05) is 25.4 Å². The lowest BCUT2D eigenvalue weighted by atomic mass is 10.3. The number of hydrogen-bond acceptors (Lipinski definition) is 4. The van der Waals surface area contributed by atoms with E-state index in [4.69, 9.17) is 16.3 Å². The lowest BCUT2D eigenvalue weighted by Crippen LogP contribution is -2.34. The van der Waals surface area contributed by atoms with E-state index in [9.17, 15) is 13.2 Å². The maximum Gasteiger partial charge on any atom is 0.260 e. The Morgan fingerprint density at radius 1 is 1.08 bits per heavy atom. The number of sulfonamides is 1. The highest BCUT2D eigenvalue weighted by Gasteiger charge is 2.22. The molecule has 0 saturated heterocycles. The van der Waals surface area contributed by atoms with Crippen LogP contribution in [-0.4, -0.2) is 56.3 Å². The lowest BCUT2D eigenvalue weighted by Gasteiger charge is -2.20. The molecular weight excluding hydrogens is 352 g/mol. The predicted molar refractivity (Wildman–Crippen MR) is 95.0 cm³/mol. The third-order valence-electron chi connectivity index (χ3n) is 3.71. The molecule has 0 aliphatic rings. The molecule has 0 N–H and O–H groups in total. The number of likely N-dealkylation sites (N-methyl/N-ethyl adjacent to an activating group) is 1. The fourth-order valence-corrected chi connectivity index (χ4v) is 4.06. The van der Waals surface area contributed by atoms with Crippen molar-refractivity contribution < 1.29 is 17.9 Å². The normalized spacial score (nSPS) is 11.6. The first-order valence-electron chi connectivity index (χ1n) is 8.01. The van der Waals surface area contributed by atoms with Crippen molar-refractivity contribution in [3.05, 3.63) is 23.2 Å². The molecule has 136 valence electrons. The van der Waals surface area contributed by atoms with E-state index >= 15 is 0 Å². The Kier molecular flexibility index (Phi) is 7.99. The van der Waals surface area contributed by atoms with Gasteiger partial charge in [-0.2, -0.15) is 4.31 Å². The fraction of sp³-hybridized carbons (Fsp3) is 0.562. The Morgan fingerprint density at radius 2 is 1.67 bits per heavy atom. The van der Waals surface area contributed by atoms with Crippen LogP contribution in [0.3, 0.4) is 0 Å². The van der Waals surface area contributed by atoms with Crippen molar-refractivity contribution in [1.29, 1.82) is 0 Å². The molecule has 0 saturated carbocycles. The summed E-state index contributed by atoms with van der Waals surface area (Å²) in [4.78, 5) is 13.7. The Morgan fingerprint density at radius 3 is 2.12 bits per heavy atom. The minimum atomic E-state index is -3.57. The van der Waals surface area contributed by atoms with Gasteiger partial charge in [0.2, 0.25) is 10.0 Å². The topological polar surface area (TPSA) is 66.9 Å².